The van der Waals surface area contributed by atoms with Crippen molar-refractivity contribution in [1.29, 1.82) is 0 Å². The number of piperidine rings is 1. The van der Waals surface area contributed by atoms with E-state index in [9.17, 15) is 9.90 Å². The molecule has 0 aliphatic carbocycles. The van der Waals surface area contributed by atoms with E-state index in [1.165, 1.54) is 6.20 Å². The molecule has 3 rings (SSSR count). The molecular formula is C18H21N3O4. The number of ether oxygens (including phenoxy) is 2. The van der Waals surface area contributed by atoms with Gasteiger partial charge in [0, 0.05) is 19.3 Å². The lowest BCUT2D eigenvalue weighted by molar-refractivity contribution is 0.0696. The third kappa shape index (κ3) is 3.99. The highest BCUT2D eigenvalue weighted by Gasteiger charge is 2.21. The number of para-hydroxylation sites is 2. The van der Waals surface area contributed by atoms with E-state index in [0.29, 0.717) is 23.1 Å². The molecular weight excluding hydrogens is 322 g/mol. The van der Waals surface area contributed by atoms with Crippen molar-refractivity contribution in [1.82, 2.24) is 9.97 Å². The minimum Gasteiger partial charge on any atom is -0.493 e. The van der Waals surface area contributed by atoms with E-state index in [-0.39, 0.29) is 12.2 Å². The number of hydrogen-bond donors (Lipinski definition) is 1. The fourth-order valence-electron chi connectivity index (χ4n) is 2.86. The summed E-state index contributed by atoms with van der Waals surface area (Å²) >= 11 is 0. The maximum Gasteiger partial charge on any atom is 0.341 e. The predicted molar refractivity (Wildman–Crippen MR) is 92.4 cm³/mol. The Balaban J connectivity index is 1.81. The quantitative estimate of drug-likeness (QED) is 0.863. The van der Waals surface area contributed by atoms with Crippen molar-refractivity contribution >= 4 is 11.8 Å². The highest BCUT2D eigenvalue weighted by atomic mass is 16.5. The third-order valence-corrected chi connectivity index (χ3v) is 4.13. The number of carboxylic acids is 1. The van der Waals surface area contributed by atoms with Crippen LogP contribution in [0.3, 0.4) is 0 Å². The van der Waals surface area contributed by atoms with Crippen LogP contribution in [0.5, 0.6) is 11.5 Å². The largest absolute Gasteiger partial charge is 0.493 e. The number of aromatic carboxylic acids is 1. The van der Waals surface area contributed by atoms with Gasteiger partial charge in [-0.15, -0.1) is 0 Å². The van der Waals surface area contributed by atoms with E-state index in [0.717, 1.165) is 32.4 Å². The van der Waals surface area contributed by atoms with Gasteiger partial charge in [-0.1, -0.05) is 12.1 Å². The number of hydrogen-bond acceptors (Lipinski definition) is 6. The summed E-state index contributed by atoms with van der Waals surface area (Å²) in [4.78, 5) is 22.1. The minimum absolute atomic E-state index is 0.128. The number of methoxy groups -OCH3 is 1. The average molecular weight is 343 g/mol. The van der Waals surface area contributed by atoms with Crippen molar-refractivity contribution < 1.29 is 19.4 Å². The number of anilines is 1. The Morgan fingerprint density at radius 1 is 1.20 bits per heavy atom. The molecule has 25 heavy (non-hydrogen) atoms. The Morgan fingerprint density at radius 2 is 1.92 bits per heavy atom. The van der Waals surface area contributed by atoms with E-state index >= 15 is 0 Å². The van der Waals surface area contributed by atoms with Crippen molar-refractivity contribution in [2.24, 2.45) is 0 Å². The fourth-order valence-corrected chi connectivity index (χ4v) is 2.86. The van der Waals surface area contributed by atoms with E-state index in [4.69, 9.17) is 9.47 Å². The number of aromatic nitrogens is 2. The topological polar surface area (TPSA) is 84.8 Å². The third-order valence-electron chi connectivity index (χ3n) is 4.13. The summed E-state index contributed by atoms with van der Waals surface area (Å²) in [6.07, 6.45) is 4.60. The standard InChI is InChI=1S/C18H21N3O4/c1-24-14-7-3-4-8-15(14)25-12-16-19-11-13(18(22)23)17(20-16)21-9-5-2-6-10-21/h3-4,7-8,11H,2,5-6,9-10,12H2,1H3,(H,22,23). The molecule has 132 valence electrons. The number of rotatable bonds is 6. The van der Waals surface area contributed by atoms with E-state index in [1.54, 1.807) is 13.2 Å². The molecule has 1 aliphatic heterocycles. The molecule has 1 fully saturated rings. The molecule has 2 heterocycles. The van der Waals surface area contributed by atoms with E-state index in [1.807, 2.05) is 23.1 Å². The van der Waals surface area contributed by atoms with Crippen LogP contribution in [0.4, 0.5) is 5.82 Å². The van der Waals surface area contributed by atoms with Crippen LogP contribution in [0.25, 0.3) is 0 Å². The number of carbonyl (C=O) groups is 1. The monoisotopic (exact) mass is 343 g/mol. The highest BCUT2D eigenvalue weighted by Crippen LogP contribution is 2.27. The molecule has 1 aliphatic rings. The molecule has 0 bridgehead atoms. The summed E-state index contributed by atoms with van der Waals surface area (Å²) in [5.74, 6) is 1.12. The van der Waals surface area contributed by atoms with Crippen LogP contribution < -0.4 is 14.4 Å². The predicted octanol–water partition coefficient (Wildman–Crippen LogP) is 2.75. The number of benzene rings is 1. The molecule has 0 atom stereocenters. The summed E-state index contributed by atoms with van der Waals surface area (Å²) < 4.78 is 11.0. The van der Waals surface area contributed by atoms with Gasteiger partial charge in [0.05, 0.1) is 7.11 Å². The Morgan fingerprint density at radius 3 is 2.60 bits per heavy atom. The Hall–Kier alpha value is -2.83. The van der Waals surface area contributed by atoms with Crippen LogP contribution in [0.1, 0.15) is 35.4 Å². The zero-order valence-corrected chi connectivity index (χ0v) is 14.1. The van der Waals surface area contributed by atoms with Gasteiger partial charge < -0.3 is 19.5 Å². The van der Waals surface area contributed by atoms with Gasteiger partial charge in [-0.2, -0.15) is 0 Å². The molecule has 0 radical (unpaired) electrons. The molecule has 0 amide bonds. The number of nitrogens with zero attached hydrogens (tertiary/aromatic N) is 3. The van der Waals surface area contributed by atoms with Gasteiger partial charge in [-0.05, 0) is 31.4 Å². The molecule has 1 aromatic heterocycles. The van der Waals surface area contributed by atoms with Gasteiger partial charge >= 0.3 is 5.97 Å². The normalized spacial score (nSPS) is 14.2. The van der Waals surface area contributed by atoms with Gasteiger partial charge in [0.25, 0.3) is 0 Å². The average Bonchev–Trinajstić information content (AvgIpc) is 2.67. The first-order valence-corrected chi connectivity index (χ1v) is 8.29. The lowest BCUT2D eigenvalue weighted by Crippen LogP contribution is -2.32. The van der Waals surface area contributed by atoms with Gasteiger partial charge in [-0.3, -0.25) is 0 Å². The van der Waals surface area contributed by atoms with Gasteiger partial charge in [0.1, 0.15) is 18.0 Å². The minimum atomic E-state index is -1.02. The summed E-state index contributed by atoms with van der Waals surface area (Å²) in [7, 11) is 1.58. The lowest BCUT2D eigenvalue weighted by atomic mass is 10.1. The van der Waals surface area contributed by atoms with E-state index in [2.05, 4.69) is 9.97 Å². The van der Waals surface area contributed by atoms with Gasteiger partial charge in [0.2, 0.25) is 0 Å². The molecule has 1 aromatic carbocycles. The first-order valence-electron chi connectivity index (χ1n) is 8.29. The SMILES string of the molecule is COc1ccccc1OCc1ncc(C(=O)O)c(N2CCCCC2)n1. The lowest BCUT2D eigenvalue weighted by Gasteiger charge is -2.28. The van der Waals surface area contributed by atoms with Crippen LogP contribution in [0.2, 0.25) is 0 Å². The van der Waals surface area contributed by atoms with Crippen molar-refractivity contribution in [2.75, 3.05) is 25.1 Å². The zero-order valence-electron chi connectivity index (χ0n) is 14.1. The number of carboxylic acid groups (broad SMARTS) is 1. The van der Waals surface area contributed by atoms with Gasteiger partial charge in [0.15, 0.2) is 17.3 Å². The van der Waals surface area contributed by atoms with Crippen molar-refractivity contribution in [3.05, 3.63) is 41.9 Å². The smallest absolute Gasteiger partial charge is 0.341 e. The summed E-state index contributed by atoms with van der Waals surface area (Å²) in [6, 6.07) is 7.32. The molecule has 0 saturated carbocycles. The summed E-state index contributed by atoms with van der Waals surface area (Å²) in [5, 5.41) is 9.41. The summed E-state index contributed by atoms with van der Waals surface area (Å²) in [6.45, 7) is 1.76. The molecule has 1 saturated heterocycles. The molecule has 7 nitrogen and oxygen atoms in total. The van der Waals surface area contributed by atoms with Crippen LogP contribution in [0, 0.1) is 0 Å². The van der Waals surface area contributed by atoms with Gasteiger partial charge in [-0.25, -0.2) is 14.8 Å². The van der Waals surface area contributed by atoms with Crippen LogP contribution in [-0.2, 0) is 6.61 Å². The van der Waals surface area contributed by atoms with Crippen molar-refractivity contribution in [3.63, 3.8) is 0 Å². The summed E-state index contributed by atoms with van der Waals surface area (Å²) in [5.41, 5.74) is 0.128. The maximum atomic E-state index is 11.5. The first-order chi connectivity index (χ1) is 12.2. The molecule has 7 heteroatoms. The second kappa shape index (κ2) is 7.83. The maximum absolute atomic E-state index is 11.5. The molecule has 0 spiro atoms. The van der Waals surface area contributed by atoms with Crippen molar-refractivity contribution in [2.45, 2.75) is 25.9 Å². The van der Waals surface area contributed by atoms with Crippen LogP contribution >= 0.6 is 0 Å². The second-order valence-electron chi connectivity index (χ2n) is 5.82. The first kappa shape index (κ1) is 17.0. The Labute approximate surface area is 146 Å². The fraction of sp³-hybridized carbons (Fsp3) is 0.389. The molecule has 0 unspecified atom stereocenters. The van der Waals surface area contributed by atoms with Crippen LogP contribution in [-0.4, -0.2) is 41.2 Å². The highest BCUT2D eigenvalue weighted by molar-refractivity contribution is 5.93. The Kier molecular flexibility index (Phi) is 5.33. The van der Waals surface area contributed by atoms with Crippen molar-refractivity contribution in [3.8, 4) is 11.5 Å². The second-order valence-corrected chi connectivity index (χ2v) is 5.82. The Bertz CT molecular complexity index is 745. The zero-order chi connectivity index (χ0) is 17.6. The van der Waals surface area contributed by atoms with Crippen LogP contribution in [0.15, 0.2) is 30.5 Å². The van der Waals surface area contributed by atoms with E-state index < -0.39 is 5.97 Å². The molecule has 2 aromatic rings. The molecule has 1 N–H and O–H groups in total.